The quantitative estimate of drug-likeness (QED) is 0.226. The molecule has 2 rings (SSSR count). The lowest BCUT2D eigenvalue weighted by molar-refractivity contribution is -0.0980. The Hall–Kier alpha value is -4.14. The number of hydrogen-bond donors (Lipinski definition) is 3. The summed E-state index contributed by atoms with van der Waals surface area (Å²) in [6.45, 7) is 30.6. The summed E-state index contributed by atoms with van der Waals surface area (Å²) >= 11 is 0. The molecule has 6 nitrogen and oxygen atoms in total. The maximum Gasteiger partial charge on any atom is 0.418 e. The van der Waals surface area contributed by atoms with Gasteiger partial charge in [0.2, 0.25) is 5.91 Å². The van der Waals surface area contributed by atoms with Gasteiger partial charge in [-0.3, -0.25) is 9.78 Å². The summed E-state index contributed by atoms with van der Waals surface area (Å²) in [6.07, 6.45) is -0.407. The number of aromatic nitrogens is 1. The van der Waals surface area contributed by atoms with Crippen LogP contribution in [0, 0.1) is 13.8 Å². The molecule has 1 heterocycles. The van der Waals surface area contributed by atoms with Gasteiger partial charge in [0.15, 0.2) is 0 Å². The number of pyridine rings is 1. The molecule has 0 saturated carbocycles. The van der Waals surface area contributed by atoms with Crippen molar-refractivity contribution in [3.63, 3.8) is 0 Å². The van der Waals surface area contributed by atoms with E-state index in [2.05, 4.69) is 55.8 Å². The molecule has 0 aliphatic rings. The lowest BCUT2D eigenvalue weighted by atomic mass is 10.1. The van der Waals surface area contributed by atoms with E-state index in [9.17, 15) is 18.0 Å². The van der Waals surface area contributed by atoms with Crippen LogP contribution in [0.5, 0.6) is 0 Å². The van der Waals surface area contributed by atoms with Gasteiger partial charge in [-0.25, -0.2) is 0 Å². The standard InChI is InChI=1S/C14H17F3N2.C10H12N2O.C3H8.C2H6.C2H4.CH2O/c1-5-13(14(15,16)17)11(4)19-8-12-6-9(2)7-18-10(12)3;1-7(2)12-9-5-3-8(4-6-9)10(11)13;1-3-2;3*1-2/h5-7,19H,4,8H2,1-3H3;3-6,12H,1H2,2H3,(H2,11,13);3H2,1-2H3;1-2H3;1-2H2;1H2/b13-5+;;;;;. The zero-order chi connectivity index (χ0) is 33.2. The molecule has 0 spiro atoms. The van der Waals surface area contributed by atoms with Gasteiger partial charge in [-0.2, -0.15) is 13.2 Å². The maximum atomic E-state index is 12.7. The smallest absolute Gasteiger partial charge is 0.381 e. The minimum absolute atomic E-state index is 0.129. The zero-order valence-electron chi connectivity index (χ0n) is 26.0. The van der Waals surface area contributed by atoms with Gasteiger partial charge in [0, 0.05) is 41.1 Å². The van der Waals surface area contributed by atoms with Crippen LogP contribution < -0.4 is 16.4 Å². The Morgan fingerprint density at radius 2 is 1.51 bits per heavy atom. The predicted molar refractivity (Wildman–Crippen MR) is 169 cm³/mol. The molecule has 0 fully saturated rings. The average molecular weight is 579 g/mol. The summed E-state index contributed by atoms with van der Waals surface area (Å²) < 4.78 is 38.0. The molecule has 1 amide bonds. The summed E-state index contributed by atoms with van der Waals surface area (Å²) in [7, 11) is 0. The van der Waals surface area contributed by atoms with Crippen molar-refractivity contribution in [2.45, 2.75) is 74.5 Å². The number of allylic oxidation sites excluding steroid dienone is 3. The number of primary amides is 1. The van der Waals surface area contributed by atoms with Gasteiger partial charge in [0.05, 0.1) is 5.57 Å². The van der Waals surface area contributed by atoms with Crippen LogP contribution in [-0.4, -0.2) is 23.9 Å². The number of nitrogens with two attached hydrogens (primary N) is 1. The van der Waals surface area contributed by atoms with Crippen LogP contribution in [0.15, 0.2) is 85.9 Å². The first-order valence-corrected chi connectivity index (χ1v) is 13.0. The Kier molecular flexibility index (Phi) is 27.9. The van der Waals surface area contributed by atoms with E-state index in [1.807, 2.05) is 47.5 Å². The van der Waals surface area contributed by atoms with E-state index in [0.717, 1.165) is 34.3 Å². The number of carbonyl (C=O) groups excluding carboxylic acids is 2. The summed E-state index contributed by atoms with van der Waals surface area (Å²) in [5.74, 6) is -0.415. The Morgan fingerprint density at radius 3 is 1.88 bits per heavy atom. The number of nitrogens with one attached hydrogen (secondary N) is 2. The van der Waals surface area contributed by atoms with Gasteiger partial charge in [-0.1, -0.05) is 59.4 Å². The van der Waals surface area contributed by atoms with Crippen molar-refractivity contribution in [3.05, 3.63) is 108 Å². The molecule has 0 saturated heterocycles. The van der Waals surface area contributed by atoms with Crippen molar-refractivity contribution in [1.82, 2.24) is 10.3 Å². The van der Waals surface area contributed by atoms with Crippen molar-refractivity contribution < 1.29 is 22.8 Å². The first-order chi connectivity index (χ1) is 19.3. The van der Waals surface area contributed by atoms with Gasteiger partial charge >= 0.3 is 6.18 Å². The van der Waals surface area contributed by atoms with E-state index in [1.54, 1.807) is 30.5 Å². The Labute approximate surface area is 245 Å². The Bertz CT molecular complexity index is 1050. The minimum atomic E-state index is -4.39. The van der Waals surface area contributed by atoms with Crippen LogP contribution >= 0.6 is 0 Å². The number of halogens is 3. The molecule has 0 atom stereocenters. The second-order valence-corrected chi connectivity index (χ2v) is 7.84. The number of alkyl halides is 3. The number of benzene rings is 1. The van der Waals surface area contributed by atoms with Crippen molar-refractivity contribution in [2.75, 3.05) is 5.32 Å². The third-order valence-corrected chi connectivity index (χ3v) is 4.27. The van der Waals surface area contributed by atoms with Gasteiger partial charge < -0.3 is 21.2 Å². The number of anilines is 1. The van der Waals surface area contributed by atoms with Gasteiger partial charge in [-0.05, 0) is 63.1 Å². The van der Waals surface area contributed by atoms with Crippen LogP contribution in [0.2, 0.25) is 0 Å². The lowest BCUT2D eigenvalue weighted by Gasteiger charge is -2.16. The summed E-state index contributed by atoms with van der Waals surface area (Å²) in [5, 5.41) is 5.73. The zero-order valence-corrected chi connectivity index (χ0v) is 26.0. The van der Waals surface area contributed by atoms with Gasteiger partial charge in [0.25, 0.3) is 0 Å². The first-order valence-electron chi connectivity index (χ1n) is 13.0. The number of amides is 1. The van der Waals surface area contributed by atoms with Crippen LogP contribution in [0.1, 0.15) is 75.1 Å². The maximum absolute atomic E-state index is 12.7. The molecule has 0 aliphatic heterocycles. The van der Waals surface area contributed by atoms with E-state index in [0.29, 0.717) is 5.56 Å². The number of hydrogen-bond acceptors (Lipinski definition) is 5. The normalized spacial score (nSPS) is 9.49. The molecule has 0 bridgehead atoms. The molecule has 2 aromatic rings. The van der Waals surface area contributed by atoms with Crippen LogP contribution in [0.4, 0.5) is 18.9 Å². The third-order valence-electron chi connectivity index (χ3n) is 4.27. The SMILES string of the molecule is C=C.C=C(C)Nc1ccc(C(N)=O)cc1.C=C(NCc1cc(C)cnc1C)/C(=C\C)C(F)(F)F.C=O.CC.CCC. The van der Waals surface area contributed by atoms with E-state index < -0.39 is 17.7 Å². The van der Waals surface area contributed by atoms with E-state index in [1.165, 1.54) is 13.3 Å². The third kappa shape index (κ3) is 21.4. The van der Waals surface area contributed by atoms with Crippen molar-refractivity contribution in [3.8, 4) is 0 Å². The molecule has 1 aromatic carbocycles. The molecular weight excluding hydrogens is 529 g/mol. The number of aryl methyl sites for hydroxylation is 2. The van der Waals surface area contributed by atoms with E-state index in [-0.39, 0.29) is 12.2 Å². The second kappa shape index (κ2) is 26.1. The molecule has 230 valence electrons. The van der Waals surface area contributed by atoms with Gasteiger partial charge in [-0.15, -0.1) is 13.2 Å². The fourth-order valence-corrected chi connectivity index (χ4v) is 2.65. The number of rotatable bonds is 7. The molecule has 41 heavy (non-hydrogen) atoms. The van der Waals surface area contributed by atoms with Crippen LogP contribution in [0.25, 0.3) is 0 Å². The molecule has 4 N–H and O–H groups in total. The van der Waals surface area contributed by atoms with E-state index >= 15 is 0 Å². The highest BCUT2D eigenvalue weighted by Gasteiger charge is 2.34. The van der Waals surface area contributed by atoms with Crippen molar-refractivity contribution in [2.24, 2.45) is 5.73 Å². The summed E-state index contributed by atoms with van der Waals surface area (Å²) in [5.41, 5.74) is 9.09. The topological polar surface area (TPSA) is 97.1 Å². The highest BCUT2D eigenvalue weighted by atomic mass is 19.4. The molecule has 0 unspecified atom stereocenters. The van der Waals surface area contributed by atoms with E-state index in [4.69, 9.17) is 10.5 Å². The highest BCUT2D eigenvalue weighted by molar-refractivity contribution is 5.93. The Morgan fingerprint density at radius 1 is 1.05 bits per heavy atom. The lowest BCUT2D eigenvalue weighted by Crippen LogP contribution is -2.22. The number of carbonyl (C=O) groups is 2. The van der Waals surface area contributed by atoms with Crippen molar-refractivity contribution in [1.29, 1.82) is 0 Å². The fourth-order valence-electron chi connectivity index (χ4n) is 2.65. The fraction of sp³-hybridized carbons (Fsp3) is 0.344. The monoisotopic (exact) mass is 578 g/mol. The molecule has 0 aliphatic carbocycles. The number of nitrogens with zero attached hydrogens (tertiary/aromatic N) is 1. The molecule has 0 radical (unpaired) electrons. The van der Waals surface area contributed by atoms with Crippen molar-refractivity contribution >= 4 is 18.4 Å². The van der Waals surface area contributed by atoms with Crippen LogP contribution in [-0.2, 0) is 11.3 Å². The second-order valence-electron chi connectivity index (χ2n) is 7.84. The first kappa shape index (κ1) is 43.9. The highest BCUT2D eigenvalue weighted by Crippen LogP contribution is 2.29. The molecule has 1 aromatic heterocycles. The average Bonchev–Trinajstić information content (AvgIpc) is 2.93. The minimum Gasteiger partial charge on any atom is -0.381 e. The van der Waals surface area contributed by atoms with Crippen LogP contribution in [0.3, 0.4) is 0 Å². The molecule has 9 heteroatoms. The predicted octanol–water partition coefficient (Wildman–Crippen LogP) is 8.60. The molecular formula is C32H49F3N4O2. The largest absolute Gasteiger partial charge is 0.418 e. The van der Waals surface area contributed by atoms with Gasteiger partial charge in [0.1, 0.15) is 6.79 Å². The summed E-state index contributed by atoms with van der Waals surface area (Å²) in [4.78, 5) is 22.9. The summed E-state index contributed by atoms with van der Waals surface area (Å²) in [6, 6.07) is 8.82. The Balaban J connectivity index is -0.000000270.